The Bertz CT molecular complexity index is 748. The zero-order valence-corrected chi connectivity index (χ0v) is 15.2. The molecule has 2 atom stereocenters. The third-order valence-corrected chi connectivity index (χ3v) is 6.02. The van der Waals surface area contributed by atoms with Crippen molar-refractivity contribution in [3.63, 3.8) is 0 Å². The molecule has 3 nitrogen and oxygen atoms in total. The monoisotopic (exact) mass is 343 g/mol. The van der Waals surface area contributed by atoms with E-state index in [4.69, 9.17) is 0 Å². The van der Waals surface area contributed by atoms with Crippen LogP contribution in [0.15, 0.2) is 41.8 Å². The van der Waals surface area contributed by atoms with Crippen LogP contribution in [0.25, 0.3) is 0 Å². The molecule has 120 valence electrons. The summed E-state index contributed by atoms with van der Waals surface area (Å²) in [7, 11) is 0. The Morgan fingerprint density at radius 3 is 2.48 bits per heavy atom. The van der Waals surface area contributed by atoms with Gasteiger partial charge in [-0.1, -0.05) is 30.3 Å². The molecule has 0 radical (unpaired) electrons. The van der Waals surface area contributed by atoms with Gasteiger partial charge >= 0.3 is 0 Å². The Morgan fingerprint density at radius 1 is 1.09 bits per heavy atom. The van der Waals surface area contributed by atoms with Crippen LogP contribution in [0.1, 0.15) is 45.0 Å². The van der Waals surface area contributed by atoms with Gasteiger partial charge in [-0.2, -0.15) is 0 Å². The number of nitrogens with one attached hydrogen (secondary N) is 1. The molecule has 0 aliphatic rings. The summed E-state index contributed by atoms with van der Waals surface area (Å²) in [6.45, 7) is 6.35. The maximum atomic E-state index is 4.29. The number of thiophene rings is 1. The number of hydrogen-bond acceptors (Lipinski definition) is 5. The first-order chi connectivity index (χ1) is 11.1. The van der Waals surface area contributed by atoms with E-state index in [1.807, 2.05) is 18.3 Å². The minimum atomic E-state index is 0.191. The van der Waals surface area contributed by atoms with E-state index in [9.17, 15) is 0 Å². The Labute approximate surface area is 145 Å². The number of aromatic nitrogens is 2. The molecule has 23 heavy (non-hydrogen) atoms. The number of hydrogen-bond donors (Lipinski definition) is 1. The zero-order valence-electron chi connectivity index (χ0n) is 13.6. The Balaban J connectivity index is 1.82. The molecule has 0 bridgehead atoms. The first-order valence-electron chi connectivity index (χ1n) is 7.77. The van der Waals surface area contributed by atoms with Gasteiger partial charge in [0.05, 0.1) is 6.04 Å². The fourth-order valence-electron chi connectivity index (χ4n) is 2.68. The van der Waals surface area contributed by atoms with Crippen molar-refractivity contribution in [2.24, 2.45) is 0 Å². The number of benzene rings is 1. The Kier molecular flexibility index (Phi) is 5.20. The van der Waals surface area contributed by atoms with Crippen LogP contribution in [0.3, 0.4) is 0 Å². The summed E-state index contributed by atoms with van der Waals surface area (Å²) in [4.78, 5) is 1.40. The minimum absolute atomic E-state index is 0.191. The highest BCUT2D eigenvalue weighted by Crippen LogP contribution is 2.30. The van der Waals surface area contributed by atoms with Crippen LogP contribution in [0.5, 0.6) is 0 Å². The predicted molar refractivity (Wildman–Crippen MR) is 98.1 cm³/mol. The number of rotatable bonds is 6. The van der Waals surface area contributed by atoms with E-state index in [0.717, 1.165) is 16.4 Å². The van der Waals surface area contributed by atoms with Crippen LogP contribution in [0.2, 0.25) is 0 Å². The van der Waals surface area contributed by atoms with Crippen molar-refractivity contribution in [3.05, 3.63) is 67.8 Å². The lowest BCUT2D eigenvalue weighted by Crippen LogP contribution is -2.26. The largest absolute Gasteiger partial charge is 0.300 e. The molecule has 0 saturated heterocycles. The quantitative estimate of drug-likeness (QED) is 0.695. The number of aryl methyl sites for hydroxylation is 2. The van der Waals surface area contributed by atoms with E-state index in [1.165, 1.54) is 16.0 Å². The second-order valence-electron chi connectivity index (χ2n) is 5.76. The summed E-state index contributed by atoms with van der Waals surface area (Å²) in [6.07, 6.45) is 0.977. The van der Waals surface area contributed by atoms with E-state index < -0.39 is 0 Å². The van der Waals surface area contributed by atoms with Gasteiger partial charge in [0.2, 0.25) is 0 Å². The van der Waals surface area contributed by atoms with Crippen LogP contribution in [0, 0.1) is 13.8 Å². The van der Waals surface area contributed by atoms with Crippen molar-refractivity contribution >= 4 is 22.7 Å². The van der Waals surface area contributed by atoms with Crippen LogP contribution in [-0.2, 0) is 6.42 Å². The van der Waals surface area contributed by atoms with Crippen LogP contribution < -0.4 is 5.32 Å². The highest BCUT2D eigenvalue weighted by atomic mass is 32.1. The summed E-state index contributed by atoms with van der Waals surface area (Å²) >= 11 is 3.49. The lowest BCUT2D eigenvalue weighted by molar-refractivity contribution is 0.465. The SMILES string of the molecule is Cc1nnc([C@H](C)N[C@H](Cc2ccccc2)c2sccc2C)s1. The van der Waals surface area contributed by atoms with Crippen LogP contribution in [0.4, 0.5) is 0 Å². The molecule has 0 aliphatic carbocycles. The van der Waals surface area contributed by atoms with Crippen molar-refractivity contribution < 1.29 is 0 Å². The van der Waals surface area contributed by atoms with Crippen molar-refractivity contribution in [2.75, 3.05) is 0 Å². The van der Waals surface area contributed by atoms with Gasteiger partial charge < -0.3 is 5.32 Å². The van der Waals surface area contributed by atoms with Crippen molar-refractivity contribution in [1.29, 1.82) is 0 Å². The maximum absolute atomic E-state index is 4.29. The topological polar surface area (TPSA) is 37.8 Å². The maximum Gasteiger partial charge on any atom is 0.134 e. The molecule has 0 fully saturated rings. The van der Waals surface area contributed by atoms with Gasteiger partial charge in [0, 0.05) is 10.9 Å². The molecule has 1 aromatic carbocycles. The normalized spacial score (nSPS) is 13.9. The molecule has 0 unspecified atom stereocenters. The molecule has 3 rings (SSSR count). The first-order valence-corrected chi connectivity index (χ1v) is 9.47. The first kappa shape index (κ1) is 16.3. The molecular weight excluding hydrogens is 322 g/mol. The van der Waals surface area contributed by atoms with Gasteiger partial charge in [-0.25, -0.2) is 0 Å². The van der Waals surface area contributed by atoms with Crippen LogP contribution >= 0.6 is 22.7 Å². The molecule has 0 spiro atoms. The molecule has 5 heteroatoms. The summed E-state index contributed by atoms with van der Waals surface area (Å²) in [5.41, 5.74) is 2.70. The zero-order chi connectivity index (χ0) is 16.2. The van der Waals surface area contributed by atoms with Gasteiger partial charge in [-0.05, 0) is 49.8 Å². The fourth-order valence-corrected chi connectivity index (χ4v) is 4.38. The lowest BCUT2D eigenvalue weighted by Gasteiger charge is -2.22. The highest BCUT2D eigenvalue weighted by molar-refractivity contribution is 7.11. The minimum Gasteiger partial charge on any atom is -0.300 e. The molecule has 1 N–H and O–H groups in total. The van der Waals surface area contributed by atoms with E-state index >= 15 is 0 Å². The smallest absolute Gasteiger partial charge is 0.134 e. The van der Waals surface area contributed by atoms with E-state index in [2.05, 4.69) is 71.1 Å². The molecule has 2 aromatic heterocycles. The molecule has 2 heterocycles. The average Bonchev–Trinajstić information content (AvgIpc) is 3.16. The van der Waals surface area contributed by atoms with Gasteiger partial charge in [0.15, 0.2) is 0 Å². The van der Waals surface area contributed by atoms with Gasteiger partial charge in [-0.15, -0.1) is 32.9 Å². The van der Waals surface area contributed by atoms with Crippen molar-refractivity contribution in [3.8, 4) is 0 Å². The highest BCUT2D eigenvalue weighted by Gasteiger charge is 2.20. The average molecular weight is 344 g/mol. The van der Waals surface area contributed by atoms with Gasteiger partial charge in [0.25, 0.3) is 0 Å². The third-order valence-electron chi connectivity index (χ3n) is 3.86. The molecular formula is C18H21N3S2. The predicted octanol–water partition coefficient (Wildman–Crippen LogP) is 4.85. The third kappa shape index (κ3) is 4.05. The second-order valence-corrected chi connectivity index (χ2v) is 7.92. The summed E-state index contributed by atoms with van der Waals surface area (Å²) in [5.74, 6) is 0. The summed E-state index contributed by atoms with van der Waals surface area (Å²) in [5, 5.41) is 16.4. The van der Waals surface area contributed by atoms with Crippen molar-refractivity contribution in [1.82, 2.24) is 15.5 Å². The summed E-state index contributed by atoms with van der Waals surface area (Å²) < 4.78 is 0. The summed E-state index contributed by atoms with van der Waals surface area (Å²) in [6, 6.07) is 13.3. The van der Waals surface area contributed by atoms with Crippen molar-refractivity contribution in [2.45, 2.75) is 39.3 Å². The molecule has 0 aliphatic heterocycles. The molecule has 3 aromatic rings. The standard InChI is InChI=1S/C18H21N3S2/c1-12-9-10-22-17(12)16(11-15-7-5-4-6-8-15)19-13(2)18-21-20-14(3)23-18/h4-10,13,16,19H,11H2,1-3H3/t13-,16+/m0/s1. The molecule has 0 amide bonds. The van der Waals surface area contributed by atoms with Gasteiger partial charge in [0.1, 0.15) is 10.0 Å². The molecule has 0 saturated carbocycles. The van der Waals surface area contributed by atoms with Crippen LogP contribution in [-0.4, -0.2) is 10.2 Å². The van der Waals surface area contributed by atoms with E-state index in [-0.39, 0.29) is 12.1 Å². The fraction of sp³-hybridized carbons (Fsp3) is 0.333. The van der Waals surface area contributed by atoms with E-state index in [0.29, 0.717) is 0 Å². The van der Waals surface area contributed by atoms with E-state index in [1.54, 1.807) is 11.3 Å². The van der Waals surface area contributed by atoms with Gasteiger partial charge in [-0.3, -0.25) is 0 Å². The Morgan fingerprint density at radius 2 is 1.87 bits per heavy atom. The second kappa shape index (κ2) is 7.34. The number of nitrogens with zero attached hydrogens (tertiary/aromatic N) is 2. The lowest BCUT2D eigenvalue weighted by atomic mass is 10.0. The Hall–Kier alpha value is -1.56.